The molecule has 0 aliphatic rings. The molecule has 23 heavy (non-hydrogen) atoms. The van der Waals surface area contributed by atoms with Crippen molar-refractivity contribution in [2.45, 2.75) is 13.1 Å². The Balaban J connectivity index is 1.89. The fraction of sp³-hybridized carbons (Fsp3) is 0.294. The Kier molecular flexibility index (Phi) is 5.91. The molecule has 122 valence electrons. The Morgan fingerprint density at radius 1 is 1.17 bits per heavy atom. The number of nitrogens with zero attached hydrogens (tertiary/aromatic N) is 3. The lowest BCUT2D eigenvalue weighted by Crippen LogP contribution is -2.36. The van der Waals surface area contributed by atoms with E-state index in [4.69, 9.17) is 0 Å². The van der Waals surface area contributed by atoms with Crippen LogP contribution in [0.2, 0.25) is 0 Å². The summed E-state index contributed by atoms with van der Waals surface area (Å²) < 4.78 is 14.0. The molecule has 5 nitrogen and oxygen atoms in total. The fourth-order valence-corrected chi connectivity index (χ4v) is 2.11. The van der Waals surface area contributed by atoms with Gasteiger partial charge in [0.2, 0.25) is 0 Å². The fourth-order valence-electron chi connectivity index (χ4n) is 2.11. The molecule has 2 N–H and O–H groups in total. The van der Waals surface area contributed by atoms with Crippen LogP contribution in [0.15, 0.2) is 47.6 Å². The van der Waals surface area contributed by atoms with Crippen molar-refractivity contribution in [1.29, 1.82) is 0 Å². The highest BCUT2D eigenvalue weighted by Gasteiger charge is 2.06. The highest BCUT2D eigenvalue weighted by atomic mass is 19.1. The van der Waals surface area contributed by atoms with Gasteiger partial charge < -0.3 is 15.5 Å². The van der Waals surface area contributed by atoms with Crippen LogP contribution in [0.25, 0.3) is 0 Å². The molecule has 0 aliphatic heterocycles. The van der Waals surface area contributed by atoms with E-state index in [9.17, 15) is 4.39 Å². The van der Waals surface area contributed by atoms with Crippen molar-refractivity contribution >= 4 is 11.6 Å². The predicted octanol–water partition coefficient (Wildman–Crippen LogP) is 2.15. The molecule has 1 aromatic carbocycles. The summed E-state index contributed by atoms with van der Waals surface area (Å²) in [6, 6.07) is 11.0. The molecular weight excluding hydrogens is 293 g/mol. The van der Waals surface area contributed by atoms with E-state index in [2.05, 4.69) is 20.6 Å². The number of aromatic nitrogens is 1. The molecule has 0 radical (unpaired) electrons. The maximum atomic E-state index is 14.0. The monoisotopic (exact) mass is 315 g/mol. The highest BCUT2D eigenvalue weighted by molar-refractivity contribution is 5.79. The van der Waals surface area contributed by atoms with E-state index in [0.717, 1.165) is 11.3 Å². The van der Waals surface area contributed by atoms with Gasteiger partial charge in [0, 0.05) is 33.9 Å². The summed E-state index contributed by atoms with van der Waals surface area (Å²) >= 11 is 0. The standard InChI is InChI=1S/C17H22FN5/c1-19-17(22-12-14-6-4-5-9-20-14)21-11-13-7-8-16(23(2)3)15(18)10-13/h4-10H,11-12H2,1-3H3,(H2,19,21,22). The van der Waals surface area contributed by atoms with Gasteiger partial charge in [0.25, 0.3) is 0 Å². The number of rotatable bonds is 5. The summed E-state index contributed by atoms with van der Waals surface area (Å²) in [7, 11) is 5.34. The van der Waals surface area contributed by atoms with Gasteiger partial charge in [-0.1, -0.05) is 12.1 Å². The van der Waals surface area contributed by atoms with Crippen LogP contribution in [0.5, 0.6) is 0 Å². The number of nitrogens with one attached hydrogen (secondary N) is 2. The molecule has 2 rings (SSSR count). The molecule has 2 aromatic rings. The first-order valence-corrected chi connectivity index (χ1v) is 7.40. The van der Waals surface area contributed by atoms with E-state index < -0.39 is 0 Å². The molecule has 0 unspecified atom stereocenters. The second kappa shape index (κ2) is 8.12. The smallest absolute Gasteiger partial charge is 0.191 e. The molecule has 6 heteroatoms. The number of benzene rings is 1. The van der Waals surface area contributed by atoms with E-state index >= 15 is 0 Å². The third-order valence-corrected chi connectivity index (χ3v) is 3.34. The van der Waals surface area contributed by atoms with Crippen LogP contribution in [0.3, 0.4) is 0 Å². The van der Waals surface area contributed by atoms with Crippen molar-refractivity contribution in [3.8, 4) is 0 Å². The summed E-state index contributed by atoms with van der Waals surface area (Å²) in [5, 5.41) is 6.34. The lowest BCUT2D eigenvalue weighted by atomic mass is 10.2. The Morgan fingerprint density at radius 2 is 1.96 bits per heavy atom. The van der Waals surface area contributed by atoms with Crippen LogP contribution >= 0.6 is 0 Å². The zero-order valence-electron chi connectivity index (χ0n) is 13.7. The van der Waals surface area contributed by atoms with Crippen LogP contribution in [0.1, 0.15) is 11.3 Å². The van der Waals surface area contributed by atoms with Crippen molar-refractivity contribution in [2.24, 2.45) is 4.99 Å². The topological polar surface area (TPSA) is 52.6 Å². The molecule has 0 spiro atoms. The van der Waals surface area contributed by atoms with Gasteiger partial charge in [-0.2, -0.15) is 0 Å². The van der Waals surface area contributed by atoms with E-state index in [0.29, 0.717) is 24.7 Å². The Labute approximate surface area is 136 Å². The molecule has 0 saturated heterocycles. The van der Waals surface area contributed by atoms with Crippen LogP contribution in [0.4, 0.5) is 10.1 Å². The van der Waals surface area contributed by atoms with Crippen molar-refractivity contribution in [3.63, 3.8) is 0 Å². The Morgan fingerprint density at radius 3 is 2.57 bits per heavy atom. The molecule has 0 aliphatic carbocycles. The van der Waals surface area contributed by atoms with E-state index in [-0.39, 0.29) is 5.82 Å². The van der Waals surface area contributed by atoms with Gasteiger partial charge in [0.1, 0.15) is 5.82 Å². The first-order chi connectivity index (χ1) is 11.1. The zero-order valence-corrected chi connectivity index (χ0v) is 13.7. The van der Waals surface area contributed by atoms with Crippen LogP contribution in [-0.4, -0.2) is 32.1 Å². The molecule has 0 saturated carbocycles. The number of guanidine groups is 1. The largest absolute Gasteiger partial charge is 0.375 e. The molecule has 0 amide bonds. The minimum atomic E-state index is -0.231. The minimum absolute atomic E-state index is 0.231. The number of aliphatic imine (C=N–C) groups is 1. The Hall–Kier alpha value is -2.63. The molecule has 1 heterocycles. The lowest BCUT2D eigenvalue weighted by molar-refractivity contribution is 0.623. The van der Waals surface area contributed by atoms with Crippen LogP contribution < -0.4 is 15.5 Å². The number of pyridine rings is 1. The lowest BCUT2D eigenvalue weighted by Gasteiger charge is -2.15. The number of hydrogen-bond acceptors (Lipinski definition) is 3. The summed E-state index contributed by atoms with van der Waals surface area (Å²) in [6.07, 6.45) is 1.75. The minimum Gasteiger partial charge on any atom is -0.375 e. The quantitative estimate of drug-likeness (QED) is 0.656. The third kappa shape index (κ3) is 4.95. The summed E-state index contributed by atoms with van der Waals surface area (Å²) in [5.41, 5.74) is 2.36. The molecule has 1 aromatic heterocycles. The van der Waals surface area contributed by atoms with Crippen LogP contribution in [-0.2, 0) is 13.1 Å². The van der Waals surface area contributed by atoms with Gasteiger partial charge in [-0.3, -0.25) is 9.98 Å². The zero-order chi connectivity index (χ0) is 16.7. The third-order valence-electron chi connectivity index (χ3n) is 3.34. The van der Waals surface area contributed by atoms with Crippen molar-refractivity contribution in [1.82, 2.24) is 15.6 Å². The normalized spacial score (nSPS) is 11.2. The summed E-state index contributed by atoms with van der Waals surface area (Å²) in [5.74, 6) is 0.415. The van der Waals surface area contributed by atoms with E-state index in [1.54, 1.807) is 24.2 Å². The Bertz CT molecular complexity index is 655. The van der Waals surface area contributed by atoms with Crippen molar-refractivity contribution in [3.05, 3.63) is 59.7 Å². The van der Waals surface area contributed by atoms with Crippen molar-refractivity contribution in [2.75, 3.05) is 26.0 Å². The van der Waals surface area contributed by atoms with Gasteiger partial charge in [-0.25, -0.2) is 4.39 Å². The van der Waals surface area contributed by atoms with Gasteiger partial charge in [0.05, 0.1) is 17.9 Å². The number of halogens is 1. The van der Waals surface area contributed by atoms with Gasteiger partial charge in [-0.05, 0) is 29.8 Å². The molecule has 0 atom stereocenters. The average Bonchev–Trinajstić information content (AvgIpc) is 2.55. The van der Waals surface area contributed by atoms with Gasteiger partial charge >= 0.3 is 0 Å². The predicted molar refractivity (Wildman–Crippen MR) is 92.0 cm³/mol. The summed E-state index contributed by atoms with van der Waals surface area (Å²) in [6.45, 7) is 1.07. The molecular formula is C17H22FN5. The molecule has 0 bridgehead atoms. The maximum absolute atomic E-state index is 14.0. The maximum Gasteiger partial charge on any atom is 0.191 e. The van der Waals surface area contributed by atoms with Gasteiger partial charge in [0.15, 0.2) is 5.96 Å². The first-order valence-electron chi connectivity index (χ1n) is 7.40. The number of hydrogen-bond donors (Lipinski definition) is 2. The first kappa shape index (κ1) is 16.7. The SMILES string of the molecule is CN=C(NCc1ccc(N(C)C)c(F)c1)NCc1ccccn1. The second-order valence-electron chi connectivity index (χ2n) is 5.28. The van der Waals surface area contributed by atoms with Crippen molar-refractivity contribution < 1.29 is 4.39 Å². The summed E-state index contributed by atoms with van der Waals surface area (Å²) in [4.78, 5) is 10.1. The van der Waals surface area contributed by atoms with Gasteiger partial charge in [-0.15, -0.1) is 0 Å². The van der Waals surface area contributed by atoms with E-state index in [1.165, 1.54) is 6.07 Å². The second-order valence-corrected chi connectivity index (χ2v) is 5.28. The average molecular weight is 315 g/mol. The molecule has 0 fully saturated rings. The van der Waals surface area contributed by atoms with E-state index in [1.807, 2.05) is 38.4 Å². The highest BCUT2D eigenvalue weighted by Crippen LogP contribution is 2.18. The van der Waals surface area contributed by atoms with Crippen LogP contribution in [0, 0.1) is 5.82 Å². The number of anilines is 1.